The van der Waals surface area contributed by atoms with E-state index >= 15 is 0 Å². The zero-order valence-electron chi connectivity index (χ0n) is 17.8. The Kier molecular flexibility index (Phi) is 11.9. The van der Waals surface area contributed by atoms with Crippen molar-refractivity contribution in [3.63, 3.8) is 0 Å². The molecule has 12 heteroatoms. The van der Waals surface area contributed by atoms with Gasteiger partial charge in [-0.05, 0) is 25.7 Å². The highest BCUT2D eigenvalue weighted by Crippen LogP contribution is 2.23. The molecule has 10 atom stereocenters. The number of hydrogen-bond donors (Lipinski definition) is 8. The van der Waals surface area contributed by atoms with Crippen LogP contribution in [0, 0.1) is 0 Å². The zero-order chi connectivity index (χ0) is 23.7. The first-order valence-corrected chi connectivity index (χ1v) is 10.8. The van der Waals surface area contributed by atoms with Gasteiger partial charge in [0, 0.05) is 0 Å². The topological polar surface area (TPSA) is 199 Å². The van der Waals surface area contributed by atoms with Gasteiger partial charge in [-0.25, -0.2) is 0 Å². The summed E-state index contributed by atoms with van der Waals surface area (Å²) in [5, 5.41) is 76.9. The molecule has 0 aromatic heterocycles. The number of aliphatic hydroxyl groups excluding tert-OH is 8. The molecule has 2 fully saturated rings. The highest BCUT2D eigenvalue weighted by Gasteiger charge is 2.44. The van der Waals surface area contributed by atoms with E-state index in [1.54, 1.807) is 0 Å². The fourth-order valence-corrected chi connectivity index (χ4v) is 3.45. The van der Waals surface area contributed by atoms with Crippen molar-refractivity contribution >= 4 is 0 Å². The van der Waals surface area contributed by atoms with Crippen LogP contribution in [0.25, 0.3) is 0 Å². The molecule has 2 aliphatic heterocycles. The molecule has 0 aliphatic carbocycles. The van der Waals surface area contributed by atoms with Crippen LogP contribution in [0.2, 0.25) is 0 Å². The number of aliphatic hydroxyl groups is 8. The molecule has 0 spiro atoms. The molecule has 32 heavy (non-hydrogen) atoms. The van der Waals surface area contributed by atoms with Crippen molar-refractivity contribution in [2.75, 3.05) is 26.4 Å². The maximum absolute atomic E-state index is 9.88. The number of rotatable bonds is 12. The molecular weight excluding hydrogens is 432 g/mol. The largest absolute Gasteiger partial charge is 0.394 e. The fraction of sp³-hybridized carbons (Fsp3) is 0.900. The van der Waals surface area contributed by atoms with Gasteiger partial charge in [-0.1, -0.05) is 12.2 Å². The van der Waals surface area contributed by atoms with Crippen LogP contribution in [0.4, 0.5) is 0 Å². The van der Waals surface area contributed by atoms with Gasteiger partial charge in [0.1, 0.15) is 48.8 Å². The van der Waals surface area contributed by atoms with Crippen LogP contribution in [0.5, 0.6) is 0 Å². The van der Waals surface area contributed by atoms with Crippen molar-refractivity contribution in [1.29, 1.82) is 0 Å². The minimum atomic E-state index is -1.46. The van der Waals surface area contributed by atoms with E-state index in [1.165, 1.54) is 0 Å². The minimum Gasteiger partial charge on any atom is -0.394 e. The zero-order valence-corrected chi connectivity index (χ0v) is 17.8. The highest BCUT2D eigenvalue weighted by molar-refractivity contribution is 4.90. The van der Waals surface area contributed by atoms with Gasteiger partial charge in [-0.3, -0.25) is 0 Å². The van der Waals surface area contributed by atoms with Gasteiger partial charge < -0.3 is 59.8 Å². The van der Waals surface area contributed by atoms with Crippen molar-refractivity contribution in [1.82, 2.24) is 0 Å². The Hall–Kier alpha value is -0.740. The van der Waals surface area contributed by atoms with E-state index in [0.29, 0.717) is 25.7 Å². The summed E-state index contributed by atoms with van der Waals surface area (Å²) in [4.78, 5) is 0. The average Bonchev–Trinajstić information content (AvgIpc) is 2.79. The number of hydrogen-bond acceptors (Lipinski definition) is 12. The van der Waals surface area contributed by atoms with Crippen LogP contribution in [0.3, 0.4) is 0 Å². The normalized spacial score (nSPS) is 40.8. The third kappa shape index (κ3) is 7.38. The smallest absolute Gasteiger partial charge is 0.186 e. The summed E-state index contributed by atoms with van der Waals surface area (Å²) in [7, 11) is 0. The van der Waals surface area contributed by atoms with E-state index in [4.69, 9.17) is 29.2 Å². The molecule has 0 saturated carbocycles. The van der Waals surface area contributed by atoms with Gasteiger partial charge in [0.05, 0.1) is 26.4 Å². The molecule has 12 nitrogen and oxygen atoms in total. The Morgan fingerprint density at radius 3 is 1.28 bits per heavy atom. The number of allylic oxidation sites excluding steroid dienone is 2. The Balaban J connectivity index is 1.55. The van der Waals surface area contributed by atoms with Crippen molar-refractivity contribution < 1.29 is 59.8 Å². The molecule has 0 amide bonds. The predicted molar refractivity (Wildman–Crippen MR) is 107 cm³/mol. The lowest BCUT2D eigenvalue weighted by molar-refractivity contribution is -0.301. The first-order chi connectivity index (χ1) is 15.3. The molecule has 2 aliphatic rings. The van der Waals surface area contributed by atoms with Gasteiger partial charge in [-0.15, -0.1) is 0 Å². The van der Waals surface area contributed by atoms with Gasteiger partial charge in [-0.2, -0.15) is 0 Å². The molecule has 2 rings (SSSR count). The van der Waals surface area contributed by atoms with Crippen molar-refractivity contribution in [3.8, 4) is 0 Å². The molecule has 188 valence electrons. The summed E-state index contributed by atoms with van der Waals surface area (Å²) in [6.45, 7) is -0.526. The first-order valence-electron chi connectivity index (χ1n) is 10.8. The number of ether oxygens (including phenoxy) is 4. The van der Waals surface area contributed by atoms with E-state index in [0.717, 1.165) is 0 Å². The standard InChI is InChI=1S/C20H36O12/c21-9-11-13(23)15(25)17(27)19(31-11)29-7-5-3-1-2-4-6-8-30-20-18(28)16(26)14(24)12(10-22)32-20/h1-2,11-28H,3-10H2/b2-1-/t11-,12-,13-,14-,15+,16+,17-,18-,19+,20+/m1/s1. The molecule has 0 unspecified atom stereocenters. The molecule has 0 bridgehead atoms. The van der Waals surface area contributed by atoms with Crippen molar-refractivity contribution in [3.05, 3.63) is 12.2 Å². The van der Waals surface area contributed by atoms with Gasteiger partial charge in [0.15, 0.2) is 12.6 Å². The summed E-state index contributed by atoms with van der Waals surface area (Å²) in [6, 6.07) is 0. The lowest BCUT2D eigenvalue weighted by Crippen LogP contribution is -2.59. The minimum absolute atomic E-state index is 0.243. The van der Waals surface area contributed by atoms with Crippen LogP contribution in [0.15, 0.2) is 12.2 Å². The van der Waals surface area contributed by atoms with Crippen LogP contribution in [0.1, 0.15) is 25.7 Å². The summed E-state index contributed by atoms with van der Waals surface area (Å²) in [6.07, 6.45) is -6.35. The molecular formula is C20H36O12. The third-order valence-corrected chi connectivity index (χ3v) is 5.46. The van der Waals surface area contributed by atoms with Crippen molar-refractivity contribution in [2.24, 2.45) is 0 Å². The monoisotopic (exact) mass is 468 g/mol. The van der Waals surface area contributed by atoms with Crippen LogP contribution in [-0.4, -0.2) is 129 Å². The lowest BCUT2D eigenvalue weighted by atomic mass is 9.99. The molecule has 2 saturated heterocycles. The van der Waals surface area contributed by atoms with E-state index in [1.807, 2.05) is 12.2 Å². The summed E-state index contributed by atoms with van der Waals surface area (Å²) >= 11 is 0. The summed E-state index contributed by atoms with van der Waals surface area (Å²) in [5.41, 5.74) is 0. The van der Waals surface area contributed by atoms with Gasteiger partial charge in [0.2, 0.25) is 0 Å². The summed E-state index contributed by atoms with van der Waals surface area (Å²) in [5.74, 6) is 0. The van der Waals surface area contributed by atoms with Gasteiger partial charge in [0.25, 0.3) is 0 Å². The second-order valence-corrected chi connectivity index (χ2v) is 7.89. The Morgan fingerprint density at radius 1 is 0.562 bits per heavy atom. The molecule has 0 aromatic carbocycles. The predicted octanol–water partition coefficient (Wildman–Crippen LogP) is -3.26. The average molecular weight is 468 g/mol. The van der Waals surface area contributed by atoms with Crippen LogP contribution in [-0.2, 0) is 18.9 Å². The SMILES string of the molecule is OC[C@H]1O[C@H](OCCC/C=C\CCCO[C@H]2O[C@H](CO)[C@@H](O)[C@H](O)[C@H]2O)[C@H](O)[C@@H](O)[C@@H]1O. The quantitative estimate of drug-likeness (QED) is 0.105. The number of unbranched alkanes of at least 4 members (excludes halogenated alkanes) is 2. The van der Waals surface area contributed by atoms with Crippen LogP contribution < -0.4 is 0 Å². The van der Waals surface area contributed by atoms with E-state index in [2.05, 4.69) is 0 Å². The maximum Gasteiger partial charge on any atom is 0.186 e. The van der Waals surface area contributed by atoms with E-state index in [-0.39, 0.29) is 13.2 Å². The van der Waals surface area contributed by atoms with Crippen LogP contribution >= 0.6 is 0 Å². The fourth-order valence-electron chi connectivity index (χ4n) is 3.45. The van der Waals surface area contributed by atoms with Crippen molar-refractivity contribution in [2.45, 2.75) is 87.1 Å². The Labute approximate surface area is 186 Å². The Morgan fingerprint density at radius 2 is 0.938 bits per heavy atom. The molecule has 2 heterocycles. The molecule has 0 aromatic rings. The van der Waals surface area contributed by atoms with E-state index < -0.39 is 74.6 Å². The highest BCUT2D eigenvalue weighted by atomic mass is 16.7. The second-order valence-electron chi connectivity index (χ2n) is 7.89. The molecule has 0 radical (unpaired) electrons. The van der Waals surface area contributed by atoms with Gasteiger partial charge >= 0.3 is 0 Å². The Bertz CT molecular complexity index is 499. The first kappa shape index (κ1) is 27.5. The van der Waals surface area contributed by atoms with E-state index in [9.17, 15) is 30.6 Å². The summed E-state index contributed by atoms with van der Waals surface area (Å²) < 4.78 is 21.3. The lowest BCUT2D eigenvalue weighted by Gasteiger charge is -2.39. The molecule has 8 N–H and O–H groups in total. The maximum atomic E-state index is 9.88. The third-order valence-electron chi connectivity index (χ3n) is 5.46. The second kappa shape index (κ2) is 13.8.